The molecule has 0 aliphatic carbocycles. The molecule has 0 bridgehead atoms. The normalized spacial score (nSPS) is 13.7. The molecule has 2 atom stereocenters. The molecule has 0 aliphatic rings. The van der Waals surface area contributed by atoms with Crippen molar-refractivity contribution in [1.82, 2.24) is 0 Å². The van der Waals surface area contributed by atoms with Crippen molar-refractivity contribution in [2.24, 2.45) is 11.8 Å². The number of aliphatic hydroxyl groups is 2. The minimum absolute atomic E-state index is 0.360. The van der Waals surface area contributed by atoms with E-state index in [0.29, 0.717) is 19.1 Å². The Hall–Kier alpha value is -0.0800. The Morgan fingerprint density at radius 2 is 1.33 bits per heavy atom. The predicted octanol–water partition coefficient (Wildman–Crippen LogP) is 4.39. The van der Waals surface area contributed by atoms with Gasteiger partial charge in [-0.25, -0.2) is 0 Å². The van der Waals surface area contributed by atoms with E-state index in [2.05, 4.69) is 27.7 Å². The predicted molar refractivity (Wildman–Crippen MR) is 80.8 cm³/mol. The topological polar surface area (TPSA) is 40.5 Å². The monoisotopic (exact) mass is 260 g/mol. The first-order valence-electron chi connectivity index (χ1n) is 7.91. The number of rotatable bonds is 10. The average Bonchev–Trinajstić information content (AvgIpc) is 2.40. The van der Waals surface area contributed by atoms with E-state index in [1.807, 2.05) is 0 Å². The Kier molecular flexibility index (Phi) is 19.0. The highest BCUT2D eigenvalue weighted by atomic mass is 16.3. The van der Waals surface area contributed by atoms with E-state index in [-0.39, 0.29) is 0 Å². The van der Waals surface area contributed by atoms with Gasteiger partial charge in [-0.15, -0.1) is 0 Å². The number of hydrogen-bond acceptors (Lipinski definition) is 2. The van der Waals surface area contributed by atoms with Crippen LogP contribution >= 0.6 is 0 Å². The second-order valence-electron chi connectivity index (χ2n) is 5.17. The van der Waals surface area contributed by atoms with Crippen LogP contribution in [0.4, 0.5) is 0 Å². The molecule has 0 saturated heterocycles. The molecule has 0 aromatic carbocycles. The Morgan fingerprint density at radius 1 is 0.722 bits per heavy atom. The van der Waals surface area contributed by atoms with Crippen molar-refractivity contribution >= 4 is 0 Å². The second-order valence-corrected chi connectivity index (χ2v) is 5.17. The number of hydrogen-bond donors (Lipinski definition) is 2. The van der Waals surface area contributed by atoms with Gasteiger partial charge in [0.2, 0.25) is 0 Å². The van der Waals surface area contributed by atoms with Crippen LogP contribution in [0.5, 0.6) is 0 Å². The average molecular weight is 260 g/mol. The molecular formula is C16H36O2. The molecule has 0 aromatic rings. The van der Waals surface area contributed by atoms with Crippen LogP contribution in [0.25, 0.3) is 0 Å². The summed E-state index contributed by atoms with van der Waals surface area (Å²) < 4.78 is 0. The molecule has 2 unspecified atom stereocenters. The molecule has 0 radical (unpaired) electrons. The first-order chi connectivity index (χ1) is 8.69. The molecule has 0 fully saturated rings. The largest absolute Gasteiger partial charge is 0.396 e. The Labute approximate surface area is 115 Å². The zero-order valence-electron chi connectivity index (χ0n) is 13.1. The summed E-state index contributed by atoms with van der Waals surface area (Å²) in [5.41, 5.74) is 0. The summed E-state index contributed by atoms with van der Waals surface area (Å²) in [6, 6.07) is 0. The standard InChI is InChI=1S/2C8H18O/c1-3-5-8(4-2)6-7-9;1-3-5-6-8(4-2)7-9/h2*8-9H,3-7H2,1-2H3. The fraction of sp³-hybridized carbons (Fsp3) is 1.00. The molecule has 0 aliphatic heterocycles. The number of aliphatic hydroxyl groups excluding tert-OH is 2. The summed E-state index contributed by atoms with van der Waals surface area (Å²) in [5.74, 6) is 1.32. The summed E-state index contributed by atoms with van der Waals surface area (Å²) in [6.07, 6.45) is 9.56. The fourth-order valence-corrected chi connectivity index (χ4v) is 2.06. The molecule has 0 heterocycles. The lowest BCUT2D eigenvalue weighted by atomic mass is 9.98. The molecule has 2 nitrogen and oxygen atoms in total. The second kappa shape index (κ2) is 16.9. The van der Waals surface area contributed by atoms with Crippen LogP contribution in [0.2, 0.25) is 0 Å². The van der Waals surface area contributed by atoms with Crippen LogP contribution in [0.15, 0.2) is 0 Å². The van der Waals surface area contributed by atoms with E-state index in [4.69, 9.17) is 10.2 Å². The molecule has 2 heteroatoms. The van der Waals surface area contributed by atoms with Crippen molar-refractivity contribution in [3.63, 3.8) is 0 Å². The van der Waals surface area contributed by atoms with E-state index >= 15 is 0 Å². The van der Waals surface area contributed by atoms with E-state index in [1.54, 1.807) is 0 Å². The van der Waals surface area contributed by atoms with Gasteiger partial charge in [0.25, 0.3) is 0 Å². The highest BCUT2D eigenvalue weighted by molar-refractivity contribution is 4.54. The molecule has 0 saturated carbocycles. The summed E-state index contributed by atoms with van der Waals surface area (Å²) in [7, 11) is 0. The van der Waals surface area contributed by atoms with Crippen LogP contribution in [0.1, 0.15) is 79.1 Å². The first kappa shape index (κ1) is 20.2. The fourth-order valence-electron chi connectivity index (χ4n) is 2.06. The SMILES string of the molecule is CCCC(CC)CCO.CCCCC(CC)CO. The molecule has 0 spiro atoms. The zero-order chi connectivity index (χ0) is 14.2. The van der Waals surface area contributed by atoms with E-state index in [0.717, 1.165) is 18.8 Å². The third-order valence-electron chi connectivity index (χ3n) is 3.61. The van der Waals surface area contributed by atoms with Crippen molar-refractivity contribution in [2.75, 3.05) is 13.2 Å². The van der Waals surface area contributed by atoms with E-state index < -0.39 is 0 Å². The molecule has 0 aromatic heterocycles. The van der Waals surface area contributed by atoms with Crippen LogP contribution in [0.3, 0.4) is 0 Å². The van der Waals surface area contributed by atoms with E-state index in [1.165, 1.54) is 38.5 Å². The quantitative estimate of drug-likeness (QED) is 0.611. The third kappa shape index (κ3) is 14.0. The van der Waals surface area contributed by atoms with Gasteiger partial charge in [0.15, 0.2) is 0 Å². The molecular weight excluding hydrogens is 224 g/mol. The maximum absolute atomic E-state index is 8.75. The maximum atomic E-state index is 8.75. The highest BCUT2D eigenvalue weighted by Gasteiger charge is 2.02. The first-order valence-corrected chi connectivity index (χ1v) is 7.91. The summed E-state index contributed by atoms with van der Waals surface area (Å²) in [5, 5.41) is 17.3. The molecule has 112 valence electrons. The third-order valence-corrected chi connectivity index (χ3v) is 3.61. The lowest BCUT2D eigenvalue weighted by Crippen LogP contribution is -2.03. The summed E-state index contributed by atoms with van der Waals surface area (Å²) >= 11 is 0. The van der Waals surface area contributed by atoms with Crippen LogP contribution in [0, 0.1) is 11.8 Å². The smallest absolute Gasteiger partial charge is 0.0459 e. The Bertz CT molecular complexity index is 127. The van der Waals surface area contributed by atoms with Crippen molar-refractivity contribution < 1.29 is 10.2 Å². The van der Waals surface area contributed by atoms with Gasteiger partial charge in [0.05, 0.1) is 0 Å². The van der Waals surface area contributed by atoms with Gasteiger partial charge in [-0.3, -0.25) is 0 Å². The molecule has 18 heavy (non-hydrogen) atoms. The van der Waals surface area contributed by atoms with Crippen molar-refractivity contribution in [3.05, 3.63) is 0 Å². The zero-order valence-corrected chi connectivity index (χ0v) is 13.1. The van der Waals surface area contributed by atoms with Crippen LogP contribution < -0.4 is 0 Å². The van der Waals surface area contributed by atoms with Gasteiger partial charge in [-0.05, 0) is 24.7 Å². The summed E-state index contributed by atoms with van der Waals surface area (Å²) in [6.45, 7) is 9.44. The van der Waals surface area contributed by atoms with Gasteiger partial charge in [0, 0.05) is 13.2 Å². The highest BCUT2D eigenvalue weighted by Crippen LogP contribution is 2.13. The van der Waals surface area contributed by atoms with Gasteiger partial charge in [0.1, 0.15) is 0 Å². The maximum Gasteiger partial charge on any atom is 0.0459 e. The van der Waals surface area contributed by atoms with Crippen molar-refractivity contribution in [1.29, 1.82) is 0 Å². The molecule has 0 amide bonds. The summed E-state index contributed by atoms with van der Waals surface area (Å²) in [4.78, 5) is 0. The van der Waals surface area contributed by atoms with Gasteiger partial charge < -0.3 is 10.2 Å². The van der Waals surface area contributed by atoms with Gasteiger partial charge in [-0.1, -0.05) is 66.2 Å². The lowest BCUT2D eigenvalue weighted by molar-refractivity contribution is 0.212. The molecule has 2 N–H and O–H groups in total. The van der Waals surface area contributed by atoms with Gasteiger partial charge >= 0.3 is 0 Å². The molecule has 0 rings (SSSR count). The van der Waals surface area contributed by atoms with Crippen LogP contribution in [-0.4, -0.2) is 23.4 Å². The number of unbranched alkanes of at least 4 members (excludes halogenated alkanes) is 1. The lowest BCUT2D eigenvalue weighted by Gasteiger charge is -2.10. The van der Waals surface area contributed by atoms with Gasteiger partial charge in [-0.2, -0.15) is 0 Å². The minimum atomic E-state index is 0.360. The van der Waals surface area contributed by atoms with Crippen molar-refractivity contribution in [2.45, 2.75) is 79.1 Å². The van der Waals surface area contributed by atoms with E-state index in [9.17, 15) is 0 Å². The Morgan fingerprint density at radius 3 is 1.67 bits per heavy atom. The van der Waals surface area contributed by atoms with Crippen LogP contribution in [-0.2, 0) is 0 Å². The Balaban J connectivity index is 0. The minimum Gasteiger partial charge on any atom is -0.396 e. The van der Waals surface area contributed by atoms with Crippen molar-refractivity contribution in [3.8, 4) is 0 Å².